The van der Waals surface area contributed by atoms with Crippen molar-refractivity contribution in [3.63, 3.8) is 0 Å². The fraction of sp³-hybridized carbons (Fsp3) is 0.923. The molecule has 16 heavy (non-hydrogen) atoms. The standard InChI is InChI=1S/C13H24O3/c1-2-3-4-8-13(14)16-11-9-12-7-5-6-10-15-12/h12H,2-11H2,1H3. The molecule has 1 heterocycles. The van der Waals surface area contributed by atoms with E-state index in [9.17, 15) is 4.79 Å². The highest BCUT2D eigenvalue weighted by atomic mass is 16.5. The van der Waals surface area contributed by atoms with Gasteiger partial charge in [-0.2, -0.15) is 0 Å². The zero-order valence-corrected chi connectivity index (χ0v) is 10.4. The van der Waals surface area contributed by atoms with Gasteiger partial charge in [0.15, 0.2) is 0 Å². The normalized spacial score (nSPS) is 20.7. The van der Waals surface area contributed by atoms with Gasteiger partial charge in [-0.05, 0) is 25.7 Å². The molecule has 0 amide bonds. The molecule has 3 nitrogen and oxygen atoms in total. The van der Waals surface area contributed by atoms with E-state index in [0.717, 1.165) is 38.7 Å². The molecule has 1 unspecified atom stereocenters. The maximum atomic E-state index is 11.3. The van der Waals surface area contributed by atoms with E-state index in [-0.39, 0.29) is 5.97 Å². The van der Waals surface area contributed by atoms with Crippen LogP contribution in [0.5, 0.6) is 0 Å². The highest BCUT2D eigenvalue weighted by Gasteiger charge is 2.14. The molecule has 0 radical (unpaired) electrons. The molecular weight excluding hydrogens is 204 g/mol. The number of ether oxygens (including phenoxy) is 2. The third-order valence-corrected chi connectivity index (χ3v) is 2.96. The molecule has 1 atom stereocenters. The number of rotatable bonds is 7. The summed E-state index contributed by atoms with van der Waals surface area (Å²) in [4.78, 5) is 11.3. The molecule has 0 aromatic carbocycles. The third-order valence-electron chi connectivity index (χ3n) is 2.96. The van der Waals surface area contributed by atoms with Crippen molar-refractivity contribution in [1.29, 1.82) is 0 Å². The molecular formula is C13H24O3. The average molecular weight is 228 g/mol. The van der Waals surface area contributed by atoms with Gasteiger partial charge in [-0.3, -0.25) is 4.79 Å². The van der Waals surface area contributed by atoms with Crippen molar-refractivity contribution in [2.75, 3.05) is 13.2 Å². The lowest BCUT2D eigenvalue weighted by atomic mass is 10.1. The molecule has 0 aliphatic carbocycles. The number of esters is 1. The van der Waals surface area contributed by atoms with E-state index < -0.39 is 0 Å². The Morgan fingerprint density at radius 3 is 2.94 bits per heavy atom. The van der Waals surface area contributed by atoms with E-state index >= 15 is 0 Å². The zero-order chi connectivity index (χ0) is 11.6. The largest absolute Gasteiger partial charge is 0.466 e. The predicted octanol–water partition coefficient (Wildman–Crippen LogP) is 3.07. The molecule has 0 saturated carbocycles. The number of carbonyl (C=O) groups excluding carboxylic acids is 1. The topological polar surface area (TPSA) is 35.5 Å². The fourth-order valence-electron chi connectivity index (χ4n) is 1.93. The molecule has 0 aromatic rings. The van der Waals surface area contributed by atoms with Gasteiger partial charge in [-0.15, -0.1) is 0 Å². The highest BCUT2D eigenvalue weighted by Crippen LogP contribution is 2.15. The van der Waals surface area contributed by atoms with Crippen LogP contribution in [0.2, 0.25) is 0 Å². The molecule has 0 spiro atoms. The predicted molar refractivity (Wildman–Crippen MR) is 63.3 cm³/mol. The minimum atomic E-state index is -0.0516. The van der Waals surface area contributed by atoms with E-state index in [1.807, 2.05) is 0 Å². The lowest BCUT2D eigenvalue weighted by molar-refractivity contribution is -0.144. The van der Waals surface area contributed by atoms with Crippen LogP contribution in [0.15, 0.2) is 0 Å². The summed E-state index contributed by atoms with van der Waals surface area (Å²) in [5.74, 6) is -0.0516. The fourth-order valence-corrected chi connectivity index (χ4v) is 1.93. The molecule has 94 valence electrons. The lowest BCUT2D eigenvalue weighted by Crippen LogP contribution is -2.21. The van der Waals surface area contributed by atoms with E-state index in [0.29, 0.717) is 19.1 Å². The first-order chi connectivity index (χ1) is 7.83. The van der Waals surface area contributed by atoms with Crippen LogP contribution in [-0.2, 0) is 14.3 Å². The Hall–Kier alpha value is -0.570. The molecule has 0 bridgehead atoms. The van der Waals surface area contributed by atoms with Crippen LogP contribution in [0, 0.1) is 0 Å². The van der Waals surface area contributed by atoms with Crippen LogP contribution < -0.4 is 0 Å². The summed E-state index contributed by atoms with van der Waals surface area (Å²) >= 11 is 0. The second-order valence-corrected chi connectivity index (χ2v) is 4.45. The van der Waals surface area contributed by atoms with Gasteiger partial charge in [0.05, 0.1) is 12.7 Å². The number of hydrogen-bond donors (Lipinski definition) is 0. The number of unbranched alkanes of at least 4 members (excludes halogenated alkanes) is 2. The Labute approximate surface area is 98.5 Å². The third kappa shape index (κ3) is 6.11. The van der Waals surface area contributed by atoms with Gasteiger partial charge >= 0.3 is 5.97 Å². The summed E-state index contributed by atoms with van der Waals surface area (Å²) in [5.41, 5.74) is 0. The summed E-state index contributed by atoms with van der Waals surface area (Å²) in [6.45, 7) is 3.52. The first-order valence-corrected chi connectivity index (χ1v) is 6.60. The summed E-state index contributed by atoms with van der Waals surface area (Å²) in [5, 5.41) is 0. The zero-order valence-electron chi connectivity index (χ0n) is 10.4. The molecule has 1 aliphatic rings. The number of carbonyl (C=O) groups is 1. The SMILES string of the molecule is CCCCCC(=O)OCCC1CCCCO1. The van der Waals surface area contributed by atoms with E-state index in [4.69, 9.17) is 9.47 Å². The van der Waals surface area contributed by atoms with Crippen molar-refractivity contribution < 1.29 is 14.3 Å². The van der Waals surface area contributed by atoms with Crippen molar-refractivity contribution in [2.24, 2.45) is 0 Å². The second-order valence-electron chi connectivity index (χ2n) is 4.45. The van der Waals surface area contributed by atoms with Gasteiger partial charge in [0.25, 0.3) is 0 Å². The van der Waals surface area contributed by atoms with Gasteiger partial charge < -0.3 is 9.47 Å². The first kappa shape index (κ1) is 13.5. The van der Waals surface area contributed by atoms with Crippen molar-refractivity contribution in [2.45, 2.75) is 64.4 Å². The quantitative estimate of drug-likeness (QED) is 0.496. The van der Waals surface area contributed by atoms with Gasteiger partial charge in [0.2, 0.25) is 0 Å². The van der Waals surface area contributed by atoms with Crippen LogP contribution in [0.25, 0.3) is 0 Å². The highest BCUT2D eigenvalue weighted by molar-refractivity contribution is 5.69. The molecule has 0 aromatic heterocycles. The summed E-state index contributed by atoms with van der Waals surface area (Å²) < 4.78 is 10.7. The van der Waals surface area contributed by atoms with Crippen molar-refractivity contribution in [3.05, 3.63) is 0 Å². The Balaban J connectivity index is 1.94. The smallest absolute Gasteiger partial charge is 0.305 e. The minimum Gasteiger partial charge on any atom is -0.466 e. The Morgan fingerprint density at radius 1 is 1.38 bits per heavy atom. The Morgan fingerprint density at radius 2 is 2.25 bits per heavy atom. The number of hydrogen-bond acceptors (Lipinski definition) is 3. The average Bonchev–Trinajstić information content (AvgIpc) is 2.31. The first-order valence-electron chi connectivity index (χ1n) is 6.60. The maximum Gasteiger partial charge on any atom is 0.305 e. The summed E-state index contributed by atoms with van der Waals surface area (Å²) in [6, 6.07) is 0. The van der Waals surface area contributed by atoms with Crippen molar-refractivity contribution >= 4 is 5.97 Å². The van der Waals surface area contributed by atoms with Gasteiger partial charge in [-0.25, -0.2) is 0 Å². The van der Waals surface area contributed by atoms with Crippen LogP contribution in [-0.4, -0.2) is 25.3 Å². The van der Waals surface area contributed by atoms with Gasteiger partial charge in [0.1, 0.15) is 0 Å². The van der Waals surface area contributed by atoms with Crippen LogP contribution in [0.4, 0.5) is 0 Å². The van der Waals surface area contributed by atoms with E-state index in [1.165, 1.54) is 12.8 Å². The molecule has 0 N–H and O–H groups in total. The second kappa shape index (κ2) is 8.57. The molecule has 3 heteroatoms. The molecule has 1 aliphatic heterocycles. The molecule has 1 fully saturated rings. The summed E-state index contributed by atoms with van der Waals surface area (Å²) in [7, 11) is 0. The van der Waals surface area contributed by atoms with Crippen molar-refractivity contribution in [3.8, 4) is 0 Å². The van der Waals surface area contributed by atoms with Crippen LogP contribution in [0.1, 0.15) is 58.3 Å². The molecule has 1 rings (SSSR count). The van der Waals surface area contributed by atoms with Crippen LogP contribution in [0.3, 0.4) is 0 Å². The molecule has 1 saturated heterocycles. The van der Waals surface area contributed by atoms with E-state index in [1.54, 1.807) is 0 Å². The van der Waals surface area contributed by atoms with Gasteiger partial charge in [0, 0.05) is 19.4 Å². The Bertz CT molecular complexity index is 186. The summed E-state index contributed by atoms with van der Waals surface area (Å²) in [6.07, 6.45) is 8.49. The van der Waals surface area contributed by atoms with Gasteiger partial charge in [-0.1, -0.05) is 19.8 Å². The minimum absolute atomic E-state index is 0.0516. The Kier molecular flexibility index (Phi) is 7.23. The van der Waals surface area contributed by atoms with Crippen molar-refractivity contribution in [1.82, 2.24) is 0 Å². The van der Waals surface area contributed by atoms with E-state index in [2.05, 4.69) is 6.92 Å². The monoisotopic (exact) mass is 228 g/mol. The lowest BCUT2D eigenvalue weighted by Gasteiger charge is -2.22. The maximum absolute atomic E-state index is 11.3. The van der Waals surface area contributed by atoms with Crippen LogP contribution >= 0.6 is 0 Å².